The minimum Gasteiger partial charge on any atom is -0.348 e. The number of pyridine rings is 1. The van der Waals surface area contributed by atoms with Gasteiger partial charge in [-0.1, -0.05) is 17.7 Å². The molecule has 1 fully saturated rings. The van der Waals surface area contributed by atoms with Crippen molar-refractivity contribution < 1.29 is 39.6 Å². The van der Waals surface area contributed by atoms with Crippen LogP contribution in [0.4, 0.5) is 26.3 Å². The lowest BCUT2D eigenvalue weighted by Crippen LogP contribution is -2.51. The number of sulfone groups is 1. The molecule has 2 N–H and O–H groups in total. The van der Waals surface area contributed by atoms with E-state index in [0.29, 0.717) is 12.1 Å². The smallest absolute Gasteiger partial charge is 0.348 e. The number of nitrogens with one attached hydrogen (secondary N) is 2. The van der Waals surface area contributed by atoms with Crippen LogP contribution < -0.4 is 10.6 Å². The van der Waals surface area contributed by atoms with Gasteiger partial charge in [-0.15, -0.1) is 0 Å². The van der Waals surface area contributed by atoms with E-state index < -0.39 is 60.8 Å². The summed E-state index contributed by atoms with van der Waals surface area (Å²) in [5, 5.41) is 3.39. The van der Waals surface area contributed by atoms with E-state index in [4.69, 9.17) is 11.6 Å². The third-order valence-corrected chi connectivity index (χ3v) is 7.30. The van der Waals surface area contributed by atoms with Gasteiger partial charge in [-0.2, -0.15) is 26.3 Å². The van der Waals surface area contributed by atoms with Gasteiger partial charge >= 0.3 is 12.4 Å². The highest BCUT2D eigenvalue weighted by Gasteiger charge is 2.36. The number of halogens is 7. The predicted octanol–water partition coefficient (Wildman–Crippen LogP) is 4.05. The largest absolute Gasteiger partial charge is 0.433 e. The molecular formula is C19H16ClF6N3O3S. The number of benzene rings is 1. The van der Waals surface area contributed by atoms with Crippen molar-refractivity contribution in [2.45, 2.75) is 41.5 Å². The highest BCUT2D eigenvalue weighted by molar-refractivity contribution is 7.92. The zero-order chi connectivity index (χ0) is 24.6. The number of nitrogens with zero attached hydrogens (tertiary/aromatic N) is 1. The maximum Gasteiger partial charge on any atom is 0.433 e. The Hall–Kier alpha value is -2.38. The summed E-state index contributed by atoms with van der Waals surface area (Å²) in [6.45, 7) is -0.0414. The summed E-state index contributed by atoms with van der Waals surface area (Å²) in [6, 6.07) is 4.29. The minimum absolute atomic E-state index is 0.0253. The molecule has 1 aromatic carbocycles. The van der Waals surface area contributed by atoms with Crippen LogP contribution in [0.25, 0.3) is 0 Å². The Bertz CT molecular complexity index is 1150. The summed E-state index contributed by atoms with van der Waals surface area (Å²) < 4.78 is 102. The van der Waals surface area contributed by atoms with Crippen LogP contribution in [-0.2, 0) is 22.2 Å². The molecule has 180 valence electrons. The van der Waals surface area contributed by atoms with E-state index in [1.165, 1.54) is 0 Å². The van der Waals surface area contributed by atoms with Gasteiger partial charge in [-0.3, -0.25) is 10.1 Å². The van der Waals surface area contributed by atoms with Crippen molar-refractivity contribution in [2.24, 2.45) is 0 Å². The molecular weight excluding hydrogens is 500 g/mol. The normalized spacial score (nSPS) is 19.8. The Labute approximate surface area is 189 Å². The van der Waals surface area contributed by atoms with E-state index >= 15 is 0 Å². The van der Waals surface area contributed by atoms with Crippen molar-refractivity contribution >= 4 is 27.3 Å². The van der Waals surface area contributed by atoms with Crippen LogP contribution in [-0.4, -0.2) is 37.3 Å². The van der Waals surface area contributed by atoms with E-state index in [0.717, 1.165) is 24.3 Å². The summed E-state index contributed by atoms with van der Waals surface area (Å²) in [5.41, 5.74) is -2.64. The molecule has 0 unspecified atom stereocenters. The third-order valence-electron chi connectivity index (χ3n) is 4.95. The Morgan fingerprint density at radius 1 is 1.06 bits per heavy atom. The van der Waals surface area contributed by atoms with Gasteiger partial charge in [0, 0.05) is 12.6 Å². The third kappa shape index (κ3) is 5.76. The Balaban J connectivity index is 1.65. The molecule has 0 radical (unpaired) electrons. The van der Waals surface area contributed by atoms with E-state index in [2.05, 4.69) is 15.6 Å². The molecule has 1 saturated heterocycles. The first kappa shape index (κ1) is 25.2. The molecule has 0 bridgehead atoms. The second-order valence-electron chi connectivity index (χ2n) is 7.25. The fourth-order valence-electron chi connectivity index (χ4n) is 3.26. The molecule has 1 aliphatic rings. The van der Waals surface area contributed by atoms with Crippen LogP contribution in [0.15, 0.2) is 41.3 Å². The molecule has 6 nitrogen and oxygen atoms in total. The molecule has 2 atom stereocenters. The van der Waals surface area contributed by atoms with Gasteiger partial charge in [0.1, 0.15) is 16.2 Å². The van der Waals surface area contributed by atoms with Crippen molar-refractivity contribution in [1.82, 2.24) is 15.6 Å². The van der Waals surface area contributed by atoms with Crippen LogP contribution in [0, 0.1) is 0 Å². The zero-order valence-electron chi connectivity index (χ0n) is 16.5. The quantitative estimate of drug-likeness (QED) is 0.474. The standard InChI is InChI=1S/C19H16ClF6N3O3S/c20-16-13(5-6-14(29-16)19(24,25)26)17(30)28-11-4-7-15(27-9-11)33(31,32)12-3-1-2-10(8-12)18(21,22)23/h1-3,5-6,8,11,15,27H,4,7,9H2,(H,28,30)/t11-,15+/m1/s1. The topological polar surface area (TPSA) is 88.2 Å². The molecule has 0 spiro atoms. The average molecular weight is 516 g/mol. The number of carbonyl (C=O) groups is 1. The first-order valence-electron chi connectivity index (χ1n) is 9.39. The van der Waals surface area contributed by atoms with Crippen LogP contribution in [0.3, 0.4) is 0 Å². The second-order valence-corrected chi connectivity index (χ2v) is 9.74. The molecule has 33 heavy (non-hydrogen) atoms. The van der Waals surface area contributed by atoms with Crippen LogP contribution in [0.1, 0.15) is 34.5 Å². The Kier molecular flexibility index (Phi) is 6.97. The van der Waals surface area contributed by atoms with Crippen molar-refractivity contribution in [1.29, 1.82) is 0 Å². The molecule has 0 aliphatic carbocycles. The van der Waals surface area contributed by atoms with Gasteiger partial charge in [0.25, 0.3) is 5.91 Å². The van der Waals surface area contributed by atoms with E-state index in [9.17, 15) is 39.6 Å². The van der Waals surface area contributed by atoms with Crippen LogP contribution in [0.5, 0.6) is 0 Å². The lowest BCUT2D eigenvalue weighted by molar-refractivity contribution is -0.141. The summed E-state index contributed by atoms with van der Waals surface area (Å²) in [6.07, 6.45) is -9.31. The number of rotatable bonds is 4. The number of aromatic nitrogens is 1. The van der Waals surface area contributed by atoms with Gasteiger partial charge in [-0.25, -0.2) is 13.4 Å². The van der Waals surface area contributed by atoms with Crippen LogP contribution >= 0.6 is 11.6 Å². The van der Waals surface area contributed by atoms with Crippen molar-refractivity contribution in [3.05, 3.63) is 58.4 Å². The van der Waals surface area contributed by atoms with E-state index in [-0.39, 0.29) is 24.9 Å². The number of alkyl halides is 6. The molecule has 2 heterocycles. The lowest BCUT2D eigenvalue weighted by atomic mass is 10.1. The number of hydrogen-bond acceptors (Lipinski definition) is 5. The van der Waals surface area contributed by atoms with Crippen molar-refractivity contribution in [3.63, 3.8) is 0 Å². The van der Waals surface area contributed by atoms with E-state index in [1.54, 1.807) is 0 Å². The number of hydrogen-bond donors (Lipinski definition) is 2. The SMILES string of the molecule is O=C(N[C@@H]1CC[C@H](S(=O)(=O)c2cccc(C(F)(F)F)c2)NC1)c1ccc(C(F)(F)F)nc1Cl. The van der Waals surface area contributed by atoms with Gasteiger partial charge in [0.15, 0.2) is 9.84 Å². The molecule has 0 saturated carbocycles. The fraction of sp³-hybridized carbons (Fsp3) is 0.368. The summed E-state index contributed by atoms with van der Waals surface area (Å²) in [5.74, 6) is -0.799. The number of amides is 1. The van der Waals surface area contributed by atoms with Gasteiger partial charge in [0.2, 0.25) is 0 Å². The Morgan fingerprint density at radius 2 is 1.76 bits per heavy atom. The molecule has 14 heteroatoms. The second kappa shape index (κ2) is 9.11. The van der Waals surface area contributed by atoms with Gasteiger partial charge in [0.05, 0.1) is 16.0 Å². The molecule has 2 aromatic rings. The first-order chi connectivity index (χ1) is 15.2. The average Bonchev–Trinajstić information content (AvgIpc) is 2.73. The first-order valence-corrected chi connectivity index (χ1v) is 11.3. The maximum absolute atomic E-state index is 12.9. The van der Waals surface area contributed by atoms with E-state index in [1.807, 2.05) is 0 Å². The van der Waals surface area contributed by atoms with Gasteiger partial charge < -0.3 is 5.32 Å². The predicted molar refractivity (Wildman–Crippen MR) is 105 cm³/mol. The summed E-state index contributed by atoms with van der Waals surface area (Å²) in [7, 11) is -4.14. The minimum atomic E-state index is -4.73. The maximum atomic E-state index is 12.9. The number of carbonyl (C=O) groups excluding carboxylic acids is 1. The van der Waals surface area contributed by atoms with Crippen LogP contribution in [0.2, 0.25) is 5.15 Å². The highest BCUT2D eigenvalue weighted by Crippen LogP contribution is 2.32. The highest BCUT2D eigenvalue weighted by atomic mass is 35.5. The monoisotopic (exact) mass is 515 g/mol. The summed E-state index contributed by atoms with van der Waals surface area (Å²) in [4.78, 5) is 15.0. The number of piperidine rings is 1. The van der Waals surface area contributed by atoms with Gasteiger partial charge in [-0.05, 0) is 43.2 Å². The Morgan fingerprint density at radius 3 is 2.30 bits per heavy atom. The zero-order valence-corrected chi connectivity index (χ0v) is 18.0. The molecule has 1 amide bonds. The van der Waals surface area contributed by atoms with Crippen molar-refractivity contribution in [2.75, 3.05) is 6.54 Å². The van der Waals surface area contributed by atoms with Crippen molar-refractivity contribution in [3.8, 4) is 0 Å². The molecule has 3 rings (SSSR count). The molecule has 1 aliphatic heterocycles. The lowest BCUT2D eigenvalue weighted by Gasteiger charge is -2.30. The summed E-state index contributed by atoms with van der Waals surface area (Å²) >= 11 is 5.70. The fourth-order valence-corrected chi connectivity index (χ4v) is 5.15. The molecule has 1 aromatic heterocycles.